The molecule has 9 nitrogen and oxygen atoms in total. The van der Waals surface area contributed by atoms with Gasteiger partial charge in [-0.25, -0.2) is 4.98 Å². The fraction of sp³-hybridized carbons (Fsp3) is 0.667. The van der Waals surface area contributed by atoms with Crippen molar-refractivity contribution in [1.82, 2.24) is 35.1 Å². The van der Waals surface area contributed by atoms with Crippen LogP contribution in [0.15, 0.2) is 12.4 Å². The number of aryl methyl sites for hydroxylation is 1. The molecule has 24 heavy (non-hydrogen) atoms. The minimum Gasteiger partial charge on any atom is -0.367 e. The van der Waals surface area contributed by atoms with Gasteiger partial charge in [0.25, 0.3) is 0 Å². The molecule has 0 aliphatic carbocycles. The Kier molecular flexibility index (Phi) is 4.61. The first kappa shape index (κ1) is 16.6. The first-order valence-electron chi connectivity index (χ1n) is 8.10. The van der Waals surface area contributed by atoms with Gasteiger partial charge in [0.15, 0.2) is 11.6 Å². The van der Waals surface area contributed by atoms with Crippen molar-refractivity contribution < 1.29 is 9.53 Å². The molecule has 2 aromatic heterocycles. The lowest BCUT2D eigenvalue weighted by molar-refractivity contribution is -0.139. The van der Waals surface area contributed by atoms with Crippen LogP contribution in [0, 0.1) is 0 Å². The van der Waals surface area contributed by atoms with Gasteiger partial charge in [0, 0.05) is 24.6 Å². The molecule has 1 aliphatic heterocycles. The summed E-state index contributed by atoms with van der Waals surface area (Å²) >= 11 is 0. The number of hydrogen-bond acceptors (Lipinski definition) is 6. The number of carbonyl (C=O) groups is 1. The summed E-state index contributed by atoms with van der Waals surface area (Å²) in [5.41, 5.74) is -0.128. The summed E-state index contributed by atoms with van der Waals surface area (Å²) in [6.07, 6.45) is 3.47. The number of rotatable bonds is 4. The summed E-state index contributed by atoms with van der Waals surface area (Å²) in [6, 6.07) is 0. The van der Waals surface area contributed by atoms with Gasteiger partial charge in [-0.2, -0.15) is 5.10 Å². The SMILES string of the molecule is CC(C)(C)c1n[nH]c([C@@H]2CN(C(=O)CCn3ccnn3)CCO2)n1. The van der Waals surface area contributed by atoms with Crippen molar-refractivity contribution >= 4 is 5.91 Å². The Bertz CT molecular complexity index is 674. The number of ether oxygens (including phenoxy) is 1. The molecule has 0 saturated carbocycles. The highest BCUT2D eigenvalue weighted by Crippen LogP contribution is 2.23. The van der Waals surface area contributed by atoms with Gasteiger partial charge >= 0.3 is 0 Å². The third-order valence-electron chi connectivity index (χ3n) is 3.92. The van der Waals surface area contributed by atoms with Crippen molar-refractivity contribution in [3.8, 4) is 0 Å². The van der Waals surface area contributed by atoms with Gasteiger partial charge in [-0.3, -0.25) is 14.6 Å². The number of morpholine rings is 1. The van der Waals surface area contributed by atoms with E-state index in [0.29, 0.717) is 38.5 Å². The molecule has 1 amide bonds. The van der Waals surface area contributed by atoms with Crippen molar-refractivity contribution in [1.29, 1.82) is 0 Å². The first-order valence-corrected chi connectivity index (χ1v) is 8.10. The highest BCUT2D eigenvalue weighted by molar-refractivity contribution is 5.76. The normalized spacial score (nSPS) is 18.8. The van der Waals surface area contributed by atoms with Crippen LogP contribution in [0.2, 0.25) is 0 Å². The van der Waals surface area contributed by atoms with Gasteiger partial charge in [-0.05, 0) is 0 Å². The number of nitrogens with one attached hydrogen (secondary N) is 1. The van der Waals surface area contributed by atoms with E-state index >= 15 is 0 Å². The van der Waals surface area contributed by atoms with E-state index in [9.17, 15) is 4.79 Å². The first-order chi connectivity index (χ1) is 11.4. The third kappa shape index (κ3) is 3.78. The second-order valence-corrected chi connectivity index (χ2v) is 6.91. The van der Waals surface area contributed by atoms with Crippen molar-refractivity contribution in [2.24, 2.45) is 0 Å². The molecule has 9 heteroatoms. The van der Waals surface area contributed by atoms with E-state index in [2.05, 4.69) is 46.3 Å². The third-order valence-corrected chi connectivity index (χ3v) is 3.92. The molecule has 0 aromatic carbocycles. The predicted molar refractivity (Wildman–Crippen MR) is 85.0 cm³/mol. The number of carbonyl (C=O) groups excluding carboxylic acids is 1. The van der Waals surface area contributed by atoms with Crippen LogP contribution >= 0.6 is 0 Å². The number of H-pyrrole nitrogens is 1. The van der Waals surface area contributed by atoms with E-state index in [1.165, 1.54) is 0 Å². The van der Waals surface area contributed by atoms with Gasteiger partial charge < -0.3 is 9.64 Å². The van der Waals surface area contributed by atoms with E-state index in [4.69, 9.17) is 4.74 Å². The van der Waals surface area contributed by atoms with Crippen LogP contribution in [-0.2, 0) is 21.5 Å². The fourth-order valence-corrected chi connectivity index (χ4v) is 2.52. The van der Waals surface area contributed by atoms with E-state index in [1.54, 1.807) is 17.1 Å². The van der Waals surface area contributed by atoms with Crippen LogP contribution < -0.4 is 0 Å². The fourth-order valence-electron chi connectivity index (χ4n) is 2.52. The maximum absolute atomic E-state index is 12.4. The van der Waals surface area contributed by atoms with Crippen molar-refractivity contribution in [2.75, 3.05) is 19.7 Å². The Morgan fingerprint density at radius 3 is 2.96 bits per heavy atom. The molecule has 0 radical (unpaired) electrons. The minimum absolute atomic E-state index is 0.0781. The average molecular weight is 333 g/mol. The van der Waals surface area contributed by atoms with Gasteiger partial charge in [0.05, 0.1) is 25.9 Å². The second-order valence-electron chi connectivity index (χ2n) is 6.91. The lowest BCUT2D eigenvalue weighted by atomic mass is 9.96. The Balaban J connectivity index is 1.59. The Hall–Kier alpha value is -2.29. The van der Waals surface area contributed by atoms with Gasteiger partial charge in [-0.15, -0.1) is 5.10 Å². The quantitative estimate of drug-likeness (QED) is 0.883. The molecule has 0 bridgehead atoms. The Labute approximate surface area is 140 Å². The number of hydrogen-bond donors (Lipinski definition) is 1. The van der Waals surface area contributed by atoms with Crippen molar-refractivity contribution in [2.45, 2.75) is 45.3 Å². The van der Waals surface area contributed by atoms with Crippen LogP contribution in [0.1, 0.15) is 44.9 Å². The Morgan fingerprint density at radius 1 is 1.46 bits per heavy atom. The van der Waals surface area contributed by atoms with E-state index in [-0.39, 0.29) is 17.4 Å². The molecule has 0 spiro atoms. The van der Waals surface area contributed by atoms with Crippen LogP contribution in [0.4, 0.5) is 0 Å². The molecule has 1 atom stereocenters. The molecule has 1 N–H and O–H groups in total. The zero-order valence-corrected chi connectivity index (χ0v) is 14.3. The van der Waals surface area contributed by atoms with E-state index in [1.807, 2.05) is 4.90 Å². The summed E-state index contributed by atoms with van der Waals surface area (Å²) in [4.78, 5) is 18.7. The largest absolute Gasteiger partial charge is 0.367 e. The van der Waals surface area contributed by atoms with Crippen LogP contribution in [0.5, 0.6) is 0 Å². The standard InChI is InChI=1S/C15H23N7O2/c1-15(2,3)14-17-13(18-19-14)11-10-21(8-9-24-11)12(23)4-6-22-7-5-16-20-22/h5,7,11H,4,6,8-10H2,1-3H3,(H,17,18,19)/t11-/m0/s1. The molecule has 1 fully saturated rings. The maximum Gasteiger partial charge on any atom is 0.224 e. The molecule has 1 saturated heterocycles. The Morgan fingerprint density at radius 2 is 2.29 bits per heavy atom. The predicted octanol–water partition coefficient (Wildman–Crippen LogP) is 0.684. The number of nitrogens with zero attached hydrogens (tertiary/aromatic N) is 6. The van der Waals surface area contributed by atoms with Gasteiger partial charge in [-0.1, -0.05) is 26.0 Å². The lowest BCUT2D eigenvalue weighted by Gasteiger charge is -2.32. The average Bonchev–Trinajstić information content (AvgIpc) is 3.23. The molecule has 2 aromatic rings. The molecule has 130 valence electrons. The zero-order valence-electron chi connectivity index (χ0n) is 14.3. The molecule has 1 aliphatic rings. The molecule has 3 heterocycles. The highest BCUT2D eigenvalue weighted by atomic mass is 16.5. The van der Waals surface area contributed by atoms with Crippen molar-refractivity contribution in [3.05, 3.63) is 24.0 Å². The van der Waals surface area contributed by atoms with Crippen LogP contribution in [0.3, 0.4) is 0 Å². The summed E-state index contributed by atoms with van der Waals surface area (Å²) in [5, 5.41) is 14.8. The van der Waals surface area contributed by atoms with Crippen molar-refractivity contribution in [3.63, 3.8) is 0 Å². The molecular weight excluding hydrogens is 310 g/mol. The number of amides is 1. The van der Waals surface area contributed by atoms with Gasteiger partial charge in [0.1, 0.15) is 6.10 Å². The topological polar surface area (TPSA) is 102 Å². The highest BCUT2D eigenvalue weighted by Gasteiger charge is 2.29. The molecule has 3 rings (SSSR count). The van der Waals surface area contributed by atoms with Crippen LogP contribution in [0.25, 0.3) is 0 Å². The molecular formula is C15H23N7O2. The van der Waals surface area contributed by atoms with Crippen LogP contribution in [-0.4, -0.2) is 60.7 Å². The summed E-state index contributed by atoms with van der Waals surface area (Å²) in [7, 11) is 0. The van der Waals surface area contributed by atoms with E-state index < -0.39 is 0 Å². The smallest absolute Gasteiger partial charge is 0.224 e. The number of aromatic amines is 1. The minimum atomic E-state index is -0.266. The van der Waals surface area contributed by atoms with E-state index in [0.717, 1.165) is 5.82 Å². The summed E-state index contributed by atoms with van der Waals surface area (Å²) < 4.78 is 7.42. The van der Waals surface area contributed by atoms with Gasteiger partial charge in [0.2, 0.25) is 5.91 Å². The lowest BCUT2D eigenvalue weighted by Crippen LogP contribution is -2.42. The molecule has 0 unspecified atom stereocenters. The zero-order chi connectivity index (χ0) is 17.2. The summed E-state index contributed by atoms with van der Waals surface area (Å²) in [6.45, 7) is 8.26. The number of aromatic nitrogens is 6. The summed E-state index contributed by atoms with van der Waals surface area (Å²) in [5.74, 6) is 1.50. The maximum atomic E-state index is 12.4. The second kappa shape index (κ2) is 6.68. The monoisotopic (exact) mass is 333 g/mol.